The van der Waals surface area contributed by atoms with Gasteiger partial charge in [0.15, 0.2) is 16.0 Å². The third-order valence-electron chi connectivity index (χ3n) is 5.27. The van der Waals surface area contributed by atoms with Crippen LogP contribution in [0.4, 0.5) is 0 Å². The van der Waals surface area contributed by atoms with Crippen molar-refractivity contribution in [1.82, 2.24) is 19.6 Å². The van der Waals surface area contributed by atoms with E-state index in [4.69, 9.17) is 9.72 Å². The van der Waals surface area contributed by atoms with Gasteiger partial charge in [-0.3, -0.25) is 0 Å². The van der Waals surface area contributed by atoms with Crippen molar-refractivity contribution in [2.45, 2.75) is 60.8 Å². The van der Waals surface area contributed by atoms with Crippen molar-refractivity contribution < 1.29 is 4.74 Å². The summed E-state index contributed by atoms with van der Waals surface area (Å²) in [5, 5.41) is 12.8. The average molecular weight is 457 g/mol. The number of fused-ring (bicyclic) bond motifs is 5. The van der Waals surface area contributed by atoms with Crippen molar-refractivity contribution in [2.24, 2.45) is 0 Å². The SMILES string of the molecule is COc1ccc(CSc2nnc3c4c5c(sc4nc(SC(C)C)n23)CCCC5)cc1. The van der Waals surface area contributed by atoms with Gasteiger partial charge in [-0.2, -0.15) is 0 Å². The lowest BCUT2D eigenvalue weighted by Gasteiger charge is -2.12. The standard InChI is InChI=1S/C22H24N4OS3/c1-13(2)29-21-23-20-18(16-6-4-5-7-17(16)30-20)19-24-25-22(26(19)21)28-12-14-8-10-15(27-3)11-9-14/h8-11,13H,4-7,12H2,1-3H3. The smallest absolute Gasteiger partial charge is 0.198 e. The Balaban J connectivity index is 1.57. The summed E-state index contributed by atoms with van der Waals surface area (Å²) in [7, 11) is 1.69. The monoisotopic (exact) mass is 456 g/mol. The molecule has 1 aromatic carbocycles. The summed E-state index contributed by atoms with van der Waals surface area (Å²) in [4.78, 5) is 7.71. The Hall–Kier alpha value is -1.77. The molecule has 0 saturated heterocycles. The van der Waals surface area contributed by atoms with Gasteiger partial charge in [0.25, 0.3) is 0 Å². The molecule has 5 nitrogen and oxygen atoms in total. The first kappa shape index (κ1) is 20.2. The molecule has 0 aliphatic heterocycles. The van der Waals surface area contributed by atoms with Gasteiger partial charge >= 0.3 is 0 Å². The molecule has 4 aromatic rings. The minimum Gasteiger partial charge on any atom is -0.497 e. The summed E-state index contributed by atoms with van der Waals surface area (Å²) in [6.45, 7) is 4.41. The number of hydrogen-bond donors (Lipinski definition) is 0. The van der Waals surface area contributed by atoms with Crippen molar-refractivity contribution in [3.8, 4) is 5.75 Å². The quantitative estimate of drug-likeness (QED) is 0.261. The fourth-order valence-corrected chi connectivity index (χ4v) is 6.96. The lowest BCUT2D eigenvalue weighted by molar-refractivity contribution is 0.414. The van der Waals surface area contributed by atoms with Crippen LogP contribution in [0.5, 0.6) is 5.75 Å². The minimum atomic E-state index is 0.439. The highest BCUT2D eigenvalue weighted by Gasteiger charge is 2.24. The van der Waals surface area contributed by atoms with E-state index in [-0.39, 0.29) is 0 Å². The molecule has 0 amide bonds. The summed E-state index contributed by atoms with van der Waals surface area (Å²) in [6.07, 6.45) is 4.83. The van der Waals surface area contributed by atoms with Gasteiger partial charge in [-0.1, -0.05) is 49.5 Å². The molecule has 0 bridgehead atoms. The van der Waals surface area contributed by atoms with E-state index in [9.17, 15) is 0 Å². The highest BCUT2D eigenvalue weighted by molar-refractivity contribution is 8.00. The first-order valence-electron chi connectivity index (χ1n) is 10.3. The number of nitrogens with zero attached hydrogens (tertiary/aromatic N) is 4. The molecule has 30 heavy (non-hydrogen) atoms. The van der Waals surface area contributed by atoms with Crippen molar-refractivity contribution in [3.05, 3.63) is 40.3 Å². The Kier molecular flexibility index (Phi) is 5.64. The van der Waals surface area contributed by atoms with Gasteiger partial charge < -0.3 is 4.74 Å². The van der Waals surface area contributed by atoms with Crippen LogP contribution < -0.4 is 4.74 Å². The lowest BCUT2D eigenvalue weighted by atomic mass is 9.97. The molecule has 5 rings (SSSR count). The number of thiophene rings is 1. The summed E-state index contributed by atoms with van der Waals surface area (Å²) >= 11 is 5.35. The summed E-state index contributed by atoms with van der Waals surface area (Å²) in [5.74, 6) is 1.71. The largest absolute Gasteiger partial charge is 0.497 e. The van der Waals surface area contributed by atoms with E-state index in [1.165, 1.54) is 40.7 Å². The van der Waals surface area contributed by atoms with E-state index < -0.39 is 0 Å². The number of thioether (sulfide) groups is 2. The number of methoxy groups -OCH3 is 1. The van der Waals surface area contributed by atoms with Crippen LogP contribution in [0.15, 0.2) is 34.6 Å². The number of aromatic nitrogens is 4. The van der Waals surface area contributed by atoms with E-state index in [1.807, 2.05) is 23.5 Å². The van der Waals surface area contributed by atoms with E-state index >= 15 is 0 Å². The van der Waals surface area contributed by atoms with Crippen LogP contribution in [-0.2, 0) is 18.6 Å². The second kappa shape index (κ2) is 8.40. The molecule has 0 unspecified atom stereocenters. The van der Waals surface area contributed by atoms with Crippen molar-refractivity contribution in [2.75, 3.05) is 7.11 Å². The number of aryl methyl sites for hydroxylation is 2. The number of hydrogen-bond acceptors (Lipinski definition) is 7. The van der Waals surface area contributed by atoms with E-state index in [1.54, 1.807) is 30.6 Å². The zero-order valence-electron chi connectivity index (χ0n) is 17.3. The third kappa shape index (κ3) is 3.69. The lowest BCUT2D eigenvalue weighted by Crippen LogP contribution is -2.02. The van der Waals surface area contributed by atoms with Gasteiger partial charge in [-0.05, 0) is 48.9 Å². The maximum Gasteiger partial charge on any atom is 0.198 e. The highest BCUT2D eigenvalue weighted by atomic mass is 32.2. The molecule has 156 valence electrons. The normalized spacial score (nSPS) is 14.0. The van der Waals surface area contributed by atoms with Crippen molar-refractivity contribution >= 4 is 50.7 Å². The number of benzene rings is 1. The van der Waals surface area contributed by atoms with Crippen LogP contribution in [0.2, 0.25) is 0 Å². The Morgan fingerprint density at radius 1 is 1.10 bits per heavy atom. The van der Waals surface area contributed by atoms with E-state index in [0.29, 0.717) is 5.25 Å². The van der Waals surface area contributed by atoms with Gasteiger partial charge in [0, 0.05) is 15.9 Å². The van der Waals surface area contributed by atoms with E-state index in [0.717, 1.165) is 38.7 Å². The molecule has 3 heterocycles. The Bertz CT molecular complexity index is 1200. The first-order valence-corrected chi connectivity index (χ1v) is 12.9. The summed E-state index contributed by atoms with van der Waals surface area (Å²) in [6, 6.07) is 8.20. The molecule has 1 aliphatic rings. The fourth-order valence-electron chi connectivity index (χ4n) is 3.86. The fraction of sp³-hybridized carbons (Fsp3) is 0.409. The Morgan fingerprint density at radius 2 is 1.90 bits per heavy atom. The van der Waals surface area contributed by atoms with Crippen molar-refractivity contribution in [1.29, 1.82) is 0 Å². The summed E-state index contributed by atoms with van der Waals surface area (Å²) in [5.41, 5.74) is 3.66. The zero-order chi connectivity index (χ0) is 20.7. The highest BCUT2D eigenvalue weighted by Crippen LogP contribution is 2.40. The van der Waals surface area contributed by atoms with Gasteiger partial charge in [0.05, 0.1) is 12.5 Å². The predicted octanol–water partition coefficient (Wildman–Crippen LogP) is 6.02. The number of rotatable bonds is 6. The van der Waals surface area contributed by atoms with Crippen LogP contribution >= 0.6 is 34.9 Å². The molecule has 3 aromatic heterocycles. The van der Waals surface area contributed by atoms with Gasteiger partial charge in [0.1, 0.15) is 10.6 Å². The molecule has 8 heteroatoms. The molecule has 0 saturated carbocycles. The summed E-state index contributed by atoms with van der Waals surface area (Å²) < 4.78 is 7.45. The zero-order valence-corrected chi connectivity index (χ0v) is 19.8. The van der Waals surface area contributed by atoms with Crippen LogP contribution in [0.25, 0.3) is 15.9 Å². The molecular formula is C22H24N4OS3. The first-order chi connectivity index (χ1) is 14.6. The predicted molar refractivity (Wildman–Crippen MR) is 126 cm³/mol. The average Bonchev–Trinajstić information content (AvgIpc) is 3.33. The molecule has 0 spiro atoms. The molecule has 1 aliphatic carbocycles. The maximum atomic E-state index is 5.27. The maximum absolute atomic E-state index is 5.27. The second-order valence-corrected chi connectivity index (χ2v) is 11.3. The second-order valence-electron chi connectivity index (χ2n) is 7.73. The molecular weight excluding hydrogens is 432 g/mol. The molecule has 0 radical (unpaired) electrons. The molecule has 0 fully saturated rings. The van der Waals surface area contributed by atoms with Gasteiger partial charge in [-0.15, -0.1) is 21.5 Å². The molecule has 0 N–H and O–H groups in total. The molecule has 0 atom stereocenters. The number of ether oxygens (including phenoxy) is 1. The van der Waals surface area contributed by atoms with Crippen LogP contribution in [0.1, 0.15) is 42.7 Å². The van der Waals surface area contributed by atoms with Crippen molar-refractivity contribution in [3.63, 3.8) is 0 Å². The minimum absolute atomic E-state index is 0.439. The topological polar surface area (TPSA) is 52.3 Å². The van der Waals surface area contributed by atoms with Gasteiger partial charge in [0.2, 0.25) is 0 Å². The van der Waals surface area contributed by atoms with Crippen LogP contribution in [0.3, 0.4) is 0 Å². The van der Waals surface area contributed by atoms with E-state index in [2.05, 4.69) is 40.6 Å². The van der Waals surface area contributed by atoms with Crippen LogP contribution in [0, 0.1) is 0 Å². The Morgan fingerprint density at radius 3 is 2.67 bits per heavy atom. The Labute approximate surface area is 188 Å². The third-order valence-corrected chi connectivity index (χ3v) is 8.41. The van der Waals surface area contributed by atoms with Crippen LogP contribution in [-0.4, -0.2) is 31.9 Å². The van der Waals surface area contributed by atoms with Gasteiger partial charge in [-0.25, -0.2) is 9.38 Å².